The number of nitrogens with zero attached hydrogens (tertiary/aromatic N) is 1. The van der Waals surface area contributed by atoms with Crippen molar-refractivity contribution in [3.8, 4) is 0 Å². The molecule has 6 heteroatoms. The molecule has 1 amide bonds. The molecule has 138 valence electrons. The van der Waals surface area contributed by atoms with E-state index in [2.05, 4.69) is 10.2 Å². The quantitative estimate of drug-likeness (QED) is 0.841. The van der Waals surface area contributed by atoms with Gasteiger partial charge in [-0.3, -0.25) is 9.69 Å². The lowest BCUT2D eigenvalue weighted by Gasteiger charge is -2.44. The summed E-state index contributed by atoms with van der Waals surface area (Å²) in [6.45, 7) is 4.00. The van der Waals surface area contributed by atoms with Gasteiger partial charge in [-0.15, -0.1) is 0 Å². The Morgan fingerprint density at radius 2 is 1.79 bits per heavy atom. The van der Waals surface area contributed by atoms with Crippen molar-refractivity contribution in [1.29, 1.82) is 0 Å². The third-order valence-corrected chi connectivity index (χ3v) is 8.13. The Morgan fingerprint density at radius 1 is 1.12 bits per heavy atom. The molecule has 2 heterocycles. The average molecular weight is 357 g/mol. The van der Waals surface area contributed by atoms with E-state index in [4.69, 9.17) is 0 Å². The molecule has 0 radical (unpaired) electrons. The van der Waals surface area contributed by atoms with E-state index >= 15 is 0 Å². The fourth-order valence-electron chi connectivity index (χ4n) is 4.86. The predicted molar refractivity (Wildman–Crippen MR) is 95.6 cm³/mol. The van der Waals surface area contributed by atoms with E-state index in [0.29, 0.717) is 11.8 Å². The SMILES string of the molecule is C[C@H](C(=O)N[C@@H]1CCS(=O)(=O)C1)N1CCCC2(CCCCCC2)C1. The van der Waals surface area contributed by atoms with Crippen LogP contribution in [0.4, 0.5) is 0 Å². The minimum atomic E-state index is -2.95. The lowest BCUT2D eigenvalue weighted by molar-refractivity contribution is -0.128. The van der Waals surface area contributed by atoms with E-state index in [9.17, 15) is 13.2 Å². The lowest BCUT2D eigenvalue weighted by atomic mass is 9.73. The van der Waals surface area contributed by atoms with Crippen LogP contribution in [-0.2, 0) is 14.6 Å². The van der Waals surface area contributed by atoms with Crippen LogP contribution in [-0.4, -0.2) is 55.9 Å². The van der Waals surface area contributed by atoms with Crippen molar-refractivity contribution < 1.29 is 13.2 Å². The van der Waals surface area contributed by atoms with Crippen LogP contribution >= 0.6 is 0 Å². The zero-order valence-electron chi connectivity index (χ0n) is 14.9. The number of hydrogen-bond donors (Lipinski definition) is 1. The van der Waals surface area contributed by atoms with Gasteiger partial charge < -0.3 is 5.32 Å². The number of piperidine rings is 1. The highest BCUT2D eigenvalue weighted by Gasteiger charge is 2.39. The van der Waals surface area contributed by atoms with Crippen LogP contribution in [0.2, 0.25) is 0 Å². The Kier molecular flexibility index (Phi) is 5.55. The van der Waals surface area contributed by atoms with E-state index < -0.39 is 9.84 Å². The molecular formula is C18H32N2O3S. The van der Waals surface area contributed by atoms with Gasteiger partial charge in [0.2, 0.25) is 5.91 Å². The van der Waals surface area contributed by atoms with Crippen LogP contribution in [0, 0.1) is 5.41 Å². The first-order chi connectivity index (χ1) is 11.4. The highest BCUT2D eigenvalue weighted by atomic mass is 32.2. The third-order valence-electron chi connectivity index (χ3n) is 6.36. The molecule has 5 nitrogen and oxygen atoms in total. The summed E-state index contributed by atoms with van der Waals surface area (Å²) in [4.78, 5) is 14.9. The van der Waals surface area contributed by atoms with Crippen molar-refractivity contribution in [2.45, 2.75) is 76.8 Å². The molecular weight excluding hydrogens is 324 g/mol. The monoisotopic (exact) mass is 356 g/mol. The van der Waals surface area contributed by atoms with E-state index in [1.54, 1.807) is 0 Å². The molecule has 1 saturated carbocycles. The van der Waals surface area contributed by atoms with Gasteiger partial charge in [0, 0.05) is 12.6 Å². The largest absolute Gasteiger partial charge is 0.351 e. The van der Waals surface area contributed by atoms with Crippen molar-refractivity contribution in [3.63, 3.8) is 0 Å². The molecule has 3 fully saturated rings. The lowest BCUT2D eigenvalue weighted by Crippen LogP contribution is -2.53. The molecule has 1 aliphatic carbocycles. The molecule has 2 atom stereocenters. The second-order valence-corrected chi connectivity index (χ2v) is 10.5. The molecule has 1 N–H and O–H groups in total. The van der Waals surface area contributed by atoms with Crippen LogP contribution in [0.25, 0.3) is 0 Å². The first-order valence-electron chi connectivity index (χ1n) is 9.64. The number of nitrogens with one attached hydrogen (secondary N) is 1. The first kappa shape index (κ1) is 18.2. The van der Waals surface area contributed by atoms with Gasteiger partial charge in [-0.1, -0.05) is 25.7 Å². The van der Waals surface area contributed by atoms with E-state index in [1.807, 2.05) is 6.92 Å². The van der Waals surface area contributed by atoms with Crippen molar-refractivity contribution in [2.24, 2.45) is 5.41 Å². The summed E-state index contributed by atoms with van der Waals surface area (Å²) in [5.74, 6) is 0.317. The maximum Gasteiger partial charge on any atom is 0.237 e. The summed E-state index contributed by atoms with van der Waals surface area (Å²) in [7, 11) is -2.95. The second-order valence-electron chi connectivity index (χ2n) is 8.27. The van der Waals surface area contributed by atoms with Crippen LogP contribution < -0.4 is 5.32 Å². The first-order valence-corrected chi connectivity index (χ1v) is 11.5. The van der Waals surface area contributed by atoms with Crippen molar-refractivity contribution in [2.75, 3.05) is 24.6 Å². The van der Waals surface area contributed by atoms with Crippen LogP contribution in [0.1, 0.15) is 64.7 Å². The maximum absolute atomic E-state index is 12.6. The van der Waals surface area contributed by atoms with Gasteiger partial charge in [0.15, 0.2) is 9.84 Å². The molecule has 0 aromatic rings. The summed E-state index contributed by atoms with van der Waals surface area (Å²) in [5.41, 5.74) is 0.417. The van der Waals surface area contributed by atoms with E-state index in [-0.39, 0.29) is 29.5 Å². The Morgan fingerprint density at radius 3 is 2.42 bits per heavy atom. The van der Waals surface area contributed by atoms with Crippen LogP contribution in [0.3, 0.4) is 0 Å². The van der Waals surface area contributed by atoms with Crippen LogP contribution in [0.5, 0.6) is 0 Å². The molecule has 3 rings (SSSR count). The fraction of sp³-hybridized carbons (Fsp3) is 0.944. The Labute approximate surface area is 146 Å². The highest BCUT2D eigenvalue weighted by molar-refractivity contribution is 7.91. The number of amides is 1. The van der Waals surface area contributed by atoms with E-state index in [0.717, 1.165) is 13.1 Å². The molecule has 0 unspecified atom stereocenters. The molecule has 2 aliphatic heterocycles. The summed E-state index contributed by atoms with van der Waals surface area (Å²) in [6.07, 6.45) is 11.0. The highest BCUT2D eigenvalue weighted by Crippen LogP contribution is 2.42. The fourth-order valence-corrected chi connectivity index (χ4v) is 6.53. The third kappa shape index (κ3) is 4.31. The average Bonchev–Trinajstić information content (AvgIpc) is 2.74. The molecule has 0 aromatic heterocycles. The number of likely N-dealkylation sites (tertiary alicyclic amines) is 1. The van der Waals surface area contributed by atoms with Gasteiger partial charge in [0.1, 0.15) is 0 Å². The molecule has 3 aliphatic rings. The Hall–Kier alpha value is -0.620. The van der Waals surface area contributed by atoms with Gasteiger partial charge in [0.05, 0.1) is 17.5 Å². The zero-order chi connectivity index (χ0) is 17.2. The number of rotatable bonds is 3. The molecule has 1 spiro atoms. The second kappa shape index (κ2) is 7.32. The summed E-state index contributed by atoms with van der Waals surface area (Å²) < 4.78 is 23.1. The normalized spacial score (nSPS) is 31.5. The van der Waals surface area contributed by atoms with Crippen molar-refractivity contribution >= 4 is 15.7 Å². The van der Waals surface area contributed by atoms with Gasteiger partial charge in [-0.25, -0.2) is 8.42 Å². The van der Waals surface area contributed by atoms with Gasteiger partial charge in [0.25, 0.3) is 0 Å². The topological polar surface area (TPSA) is 66.5 Å². The van der Waals surface area contributed by atoms with Crippen molar-refractivity contribution in [3.05, 3.63) is 0 Å². The van der Waals surface area contributed by atoms with Crippen LogP contribution in [0.15, 0.2) is 0 Å². The molecule has 24 heavy (non-hydrogen) atoms. The Balaban J connectivity index is 1.57. The number of carbonyl (C=O) groups is 1. The maximum atomic E-state index is 12.6. The summed E-state index contributed by atoms with van der Waals surface area (Å²) in [5, 5.41) is 2.98. The zero-order valence-corrected chi connectivity index (χ0v) is 15.7. The summed E-state index contributed by atoms with van der Waals surface area (Å²) >= 11 is 0. The molecule has 2 saturated heterocycles. The number of sulfone groups is 1. The minimum absolute atomic E-state index is 0.00257. The minimum Gasteiger partial charge on any atom is -0.351 e. The molecule has 0 aromatic carbocycles. The standard InChI is InChI=1S/C18H32N2O3S/c1-15(17(21)19-16-7-12-24(22,23)13-16)20-11-6-10-18(14-20)8-4-2-3-5-9-18/h15-16H,2-14H2,1H3,(H,19,21)/t15-,16-/m1/s1. The van der Waals surface area contributed by atoms with E-state index in [1.165, 1.54) is 51.4 Å². The summed E-state index contributed by atoms with van der Waals surface area (Å²) in [6, 6.07) is -0.352. The Bertz CT molecular complexity index is 553. The number of hydrogen-bond acceptors (Lipinski definition) is 4. The number of carbonyl (C=O) groups excluding carboxylic acids is 1. The molecule has 0 bridgehead atoms. The van der Waals surface area contributed by atoms with Gasteiger partial charge >= 0.3 is 0 Å². The van der Waals surface area contributed by atoms with Crippen molar-refractivity contribution in [1.82, 2.24) is 10.2 Å². The predicted octanol–water partition coefficient (Wildman–Crippen LogP) is 2.11. The smallest absolute Gasteiger partial charge is 0.237 e. The van der Waals surface area contributed by atoms with Gasteiger partial charge in [-0.05, 0) is 51.0 Å². The van der Waals surface area contributed by atoms with Gasteiger partial charge in [-0.2, -0.15) is 0 Å².